The highest BCUT2D eigenvalue weighted by Crippen LogP contribution is 2.26. The number of ether oxygens (including phenoxy) is 1. The number of tetrazole rings is 1. The van der Waals surface area contributed by atoms with Gasteiger partial charge < -0.3 is 14.4 Å². The van der Waals surface area contributed by atoms with Crippen LogP contribution in [0.3, 0.4) is 0 Å². The number of carbonyl (C=O) groups excluding carboxylic acids is 1. The minimum absolute atomic E-state index is 0.338. The zero-order valence-electron chi connectivity index (χ0n) is 10.8. The molecule has 0 unspecified atom stereocenters. The molecule has 1 aromatic carbocycles. The van der Waals surface area contributed by atoms with Crippen molar-refractivity contribution in [2.45, 2.75) is 0 Å². The second-order valence-electron chi connectivity index (χ2n) is 4.19. The number of hydrogen-bond acceptors (Lipinski definition) is 7. The lowest BCUT2D eigenvalue weighted by molar-refractivity contribution is 0.0714. The molecule has 21 heavy (non-hydrogen) atoms. The molecule has 0 aliphatic carbocycles. The van der Waals surface area contributed by atoms with Crippen molar-refractivity contribution in [1.82, 2.24) is 25.2 Å². The summed E-state index contributed by atoms with van der Waals surface area (Å²) in [5, 5.41) is 22.8. The average Bonchev–Trinajstić information content (AvgIpc) is 2.98. The molecule has 3 rings (SSSR count). The van der Waals surface area contributed by atoms with Gasteiger partial charge >= 0.3 is 12.0 Å². The van der Waals surface area contributed by atoms with Crippen LogP contribution in [0.5, 0.6) is 11.8 Å². The Balaban J connectivity index is 2.18. The Morgan fingerprint density at radius 3 is 2.86 bits per heavy atom. The fourth-order valence-electron chi connectivity index (χ4n) is 1.99. The monoisotopic (exact) mass is 287 g/mol. The number of aromatic amines is 1. The predicted octanol–water partition coefficient (Wildman–Crippen LogP) is -0.0236. The molecule has 106 valence electrons. The van der Waals surface area contributed by atoms with E-state index in [4.69, 9.17) is 4.74 Å². The molecule has 0 aliphatic rings. The van der Waals surface area contributed by atoms with E-state index < -0.39 is 22.8 Å². The summed E-state index contributed by atoms with van der Waals surface area (Å²) < 4.78 is 6.03. The van der Waals surface area contributed by atoms with Crippen LogP contribution in [-0.4, -0.2) is 36.3 Å². The molecule has 0 aliphatic heterocycles. The normalized spacial score (nSPS) is 10.7. The summed E-state index contributed by atoms with van der Waals surface area (Å²) in [7, 11) is 1.50. The molecule has 0 saturated carbocycles. The highest BCUT2D eigenvalue weighted by atomic mass is 16.6. The molecule has 2 heterocycles. The molecule has 0 bridgehead atoms. The second kappa shape index (κ2) is 4.71. The van der Waals surface area contributed by atoms with Gasteiger partial charge in [-0.25, -0.2) is 4.79 Å². The van der Waals surface area contributed by atoms with Gasteiger partial charge in [-0.15, -0.1) is 0 Å². The Hall–Kier alpha value is -3.23. The number of aryl methyl sites for hydroxylation is 1. The first-order valence-corrected chi connectivity index (χ1v) is 5.86. The van der Waals surface area contributed by atoms with Gasteiger partial charge in [-0.2, -0.15) is 5.21 Å². The molecular formula is C12H9N5O4. The van der Waals surface area contributed by atoms with Crippen LogP contribution in [0.15, 0.2) is 29.1 Å². The number of benzene rings is 1. The zero-order chi connectivity index (χ0) is 15.0. The van der Waals surface area contributed by atoms with Crippen molar-refractivity contribution < 1.29 is 14.6 Å². The minimum Gasteiger partial charge on any atom is -0.506 e. The molecule has 0 atom stereocenters. The van der Waals surface area contributed by atoms with Gasteiger partial charge in [-0.1, -0.05) is 22.3 Å². The second-order valence-corrected chi connectivity index (χ2v) is 4.19. The highest BCUT2D eigenvalue weighted by Gasteiger charge is 2.23. The van der Waals surface area contributed by atoms with Gasteiger partial charge in [0.15, 0.2) is 5.56 Å². The van der Waals surface area contributed by atoms with Gasteiger partial charge in [-0.3, -0.25) is 4.79 Å². The number of nitrogens with zero attached hydrogens (tertiary/aromatic N) is 4. The predicted molar refractivity (Wildman–Crippen MR) is 70.0 cm³/mol. The first kappa shape index (κ1) is 12.8. The highest BCUT2D eigenvalue weighted by molar-refractivity contribution is 6.00. The van der Waals surface area contributed by atoms with Crippen LogP contribution in [-0.2, 0) is 7.05 Å². The first-order chi connectivity index (χ1) is 10.1. The van der Waals surface area contributed by atoms with Crippen LogP contribution < -0.4 is 10.3 Å². The Bertz CT molecular complexity index is 885. The number of fused-ring (bicyclic) bond motifs is 1. The number of rotatable bonds is 2. The fraction of sp³-hybridized carbons (Fsp3) is 0.0833. The molecule has 0 radical (unpaired) electrons. The largest absolute Gasteiger partial charge is 0.506 e. The van der Waals surface area contributed by atoms with Gasteiger partial charge in [0.25, 0.3) is 5.56 Å². The Morgan fingerprint density at radius 2 is 2.14 bits per heavy atom. The van der Waals surface area contributed by atoms with Crippen molar-refractivity contribution in [3.05, 3.63) is 40.2 Å². The molecule has 9 nitrogen and oxygen atoms in total. The number of carbonyl (C=O) groups is 1. The SMILES string of the molecule is Cn1c(=O)c(C(=O)Oc2nn[nH]n2)c(O)c2ccccc21. The summed E-state index contributed by atoms with van der Waals surface area (Å²) >= 11 is 0. The van der Waals surface area contributed by atoms with Crippen molar-refractivity contribution in [2.24, 2.45) is 7.05 Å². The van der Waals surface area contributed by atoms with Crippen molar-refractivity contribution in [3.8, 4) is 11.8 Å². The number of H-pyrrole nitrogens is 1. The van der Waals surface area contributed by atoms with Gasteiger partial charge in [0.05, 0.1) is 5.52 Å². The van der Waals surface area contributed by atoms with Gasteiger partial charge in [0.1, 0.15) is 5.75 Å². The molecular weight excluding hydrogens is 278 g/mol. The van der Waals surface area contributed by atoms with E-state index >= 15 is 0 Å². The lowest BCUT2D eigenvalue weighted by Gasteiger charge is -2.10. The van der Waals surface area contributed by atoms with Crippen molar-refractivity contribution >= 4 is 16.9 Å². The summed E-state index contributed by atoms with van der Waals surface area (Å²) in [6.45, 7) is 0. The van der Waals surface area contributed by atoms with Crippen LogP contribution >= 0.6 is 0 Å². The molecule has 0 amide bonds. The van der Waals surface area contributed by atoms with E-state index in [0.29, 0.717) is 10.9 Å². The molecule has 0 spiro atoms. The van der Waals surface area contributed by atoms with Gasteiger partial charge in [0, 0.05) is 12.4 Å². The lowest BCUT2D eigenvalue weighted by Crippen LogP contribution is -2.27. The maximum absolute atomic E-state index is 12.2. The Morgan fingerprint density at radius 1 is 1.38 bits per heavy atom. The third-order valence-electron chi connectivity index (χ3n) is 2.99. The van der Waals surface area contributed by atoms with Crippen LogP contribution in [0.2, 0.25) is 0 Å². The first-order valence-electron chi connectivity index (χ1n) is 5.86. The summed E-state index contributed by atoms with van der Waals surface area (Å²) in [4.78, 5) is 24.2. The number of aromatic hydroxyl groups is 1. The zero-order valence-corrected chi connectivity index (χ0v) is 10.8. The summed E-state index contributed by atoms with van der Waals surface area (Å²) in [6.07, 6.45) is 0. The van der Waals surface area contributed by atoms with E-state index in [0.717, 1.165) is 0 Å². The number of pyridine rings is 1. The van der Waals surface area contributed by atoms with E-state index in [-0.39, 0.29) is 6.01 Å². The Labute approximate surface area is 116 Å². The number of aromatic nitrogens is 5. The standard InChI is InChI=1S/C12H9N5O4/c1-17-7-5-3-2-4-6(7)9(18)8(10(17)19)11(20)21-12-13-15-16-14-12/h2-5,18H,1H3,(H,13,14,15,16). The summed E-state index contributed by atoms with van der Waals surface area (Å²) in [5.41, 5.74) is -0.670. The number of esters is 1. The smallest absolute Gasteiger partial charge is 0.363 e. The molecule has 3 aromatic rings. The van der Waals surface area contributed by atoms with Crippen molar-refractivity contribution in [3.63, 3.8) is 0 Å². The maximum Gasteiger partial charge on any atom is 0.363 e. The minimum atomic E-state index is -1.06. The molecule has 0 fully saturated rings. The van der Waals surface area contributed by atoms with Crippen LogP contribution in [0, 0.1) is 0 Å². The Kier molecular flexibility index (Phi) is 2.87. The third-order valence-corrected chi connectivity index (χ3v) is 2.99. The van der Waals surface area contributed by atoms with E-state index in [1.54, 1.807) is 24.3 Å². The molecule has 2 aromatic heterocycles. The van der Waals surface area contributed by atoms with Crippen molar-refractivity contribution in [1.29, 1.82) is 0 Å². The number of para-hydroxylation sites is 1. The molecule has 9 heteroatoms. The van der Waals surface area contributed by atoms with Crippen LogP contribution in [0.25, 0.3) is 10.9 Å². The van der Waals surface area contributed by atoms with Gasteiger partial charge in [-0.05, 0) is 17.3 Å². The number of hydrogen-bond donors (Lipinski definition) is 2. The fourth-order valence-corrected chi connectivity index (χ4v) is 1.99. The van der Waals surface area contributed by atoms with E-state index in [1.165, 1.54) is 11.6 Å². The quantitative estimate of drug-likeness (QED) is 0.634. The van der Waals surface area contributed by atoms with E-state index in [9.17, 15) is 14.7 Å². The van der Waals surface area contributed by atoms with Crippen LogP contribution in [0.4, 0.5) is 0 Å². The third kappa shape index (κ3) is 2.00. The topological polar surface area (TPSA) is 123 Å². The summed E-state index contributed by atoms with van der Waals surface area (Å²) in [6, 6.07) is 6.31. The van der Waals surface area contributed by atoms with Gasteiger partial charge in [0.2, 0.25) is 0 Å². The van der Waals surface area contributed by atoms with Crippen LogP contribution in [0.1, 0.15) is 10.4 Å². The molecule has 0 saturated heterocycles. The van der Waals surface area contributed by atoms with E-state index in [1.807, 2.05) is 0 Å². The lowest BCUT2D eigenvalue weighted by atomic mass is 10.1. The maximum atomic E-state index is 12.2. The van der Waals surface area contributed by atoms with Crippen molar-refractivity contribution in [2.75, 3.05) is 0 Å². The summed E-state index contributed by atoms with van der Waals surface area (Å²) in [5.74, 6) is -1.50. The van der Waals surface area contributed by atoms with E-state index in [2.05, 4.69) is 20.6 Å². The molecule has 2 N–H and O–H groups in total. The number of nitrogens with one attached hydrogen (secondary N) is 1. The average molecular weight is 287 g/mol.